The molecule has 1 fully saturated rings. The van der Waals surface area contributed by atoms with Gasteiger partial charge in [-0.25, -0.2) is 0 Å². The van der Waals surface area contributed by atoms with Gasteiger partial charge in [0.05, 0.1) is 19.1 Å². The van der Waals surface area contributed by atoms with Gasteiger partial charge in [-0.2, -0.15) is 0 Å². The van der Waals surface area contributed by atoms with Crippen molar-refractivity contribution in [2.45, 2.75) is 51.6 Å². The Morgan fingerprint density at radius 2 is 1.89 bits per heavy atom. The summed E-state index contributed by atoms with van der Waals surface area (Å²) < 4.78 is 4.97. The predicted molar refractivity (Wildman–Crippen MR) is 105 cm³/mol. The second-order valence-electron chi connectivity index (χ2n) is 7.43. The quantitative estimate of drug-likeness (QED) is 0.279. The van der Waals surface area contributed by atoms with Gasteiger partial charge in [-0.3, -0.25) is 19.3 Å². The van der Waals surface area contributed by atoms with Crippen LogP contribution in [0.15, 0.2) is 35.5 Å². The minimum Gasteiger partial charge on any atom is -0.468 e. The highest BCUT2D eigenvalue weighted by molar-refractivity contribution is 6.07. The molecule has 1 heterocycles. The van der Waals surface area contributed by atoms with Crippen LogP contribution in [-0.4, -0.2) is 60.0 Å². The van der Waals surface area contributed by atoms with E-state index in [9.17, 15) is 14.4 Å². The fourth-order valence-electron chi connectivity index (χ4n) is 3.56. The van der Waals surface area contributed by atoms with Gasteiger partial charge in [0.15, 0.2) is 12.4 Å². The van der Waals surface area contributed by atoms with E-state index < -0.39 is 5.54 Å². The molecule has 1 unspecified atom stereocenters. The number of hydrogen-bond donors (Lipinski definition) is 0. The van der Waals surface area contributed by atoms with Crippen LogP contribution in [0.5, 0.6) is 0 Å². The lowest BCUT2D eigenvalue weighted by molar-refractivity contribution is -0.147. The molecule has 7 heteroatoms. The van der Waals surface area contributed by atoms with Gasteiger partial charge in [-0.15, -0.1) is 0 Å². The molecule has 0 amide bonds. The Labute approximate surface area is 165 Å². The number of carbonyl (C=O) groups is 3. The van der Waals surface area contributed by atoms with Crippen LogP contribution in [-0.2, 0) is 24.0 Å². The summed E-state index contributed by atoms with van der Waals surface area (Å²) in [6.07, 6.45) is 1.43. The zero-order valence-electron chi connectivity index (χ0n) is 16.9. The number of hydrogen-bond acceptors (Lipinski definition) is 7. The molecule has 1 atom stereocenters. The SMILES string of the molecule is COC(=O)C1CCCN1C(C)(C)C(=NOCC(=O)CC(C)=O)c1ccccc1. The molecule has 0 spiro atoms. The Balaban J connectivity index is 2.30. The first-order chi connectivity index (χ1) is 13.3. The first-order valence-corrected chi connectivity index (χ1v) is 9.39. The van der Waals surface area contributed by atoms with Gasteiger partial charge in [0.25, 0.3) is 0 Å². The maximum absolute atomic E-state index is 12.2. The largest absolute Gasteiger partial charge is 0.468 e. The Morgan fingerprint density at radius 3 is 2.50 bits per heavy atom. The highest BCUT2D eigenvalue weighted by Crippen LogP contribution is 2.31. The van der Waals surface area contributed by atoms with Crippen LogP contribution in [0.3, 0.4) is 0 Å². The standard InChI is InChI=1S/C21H28N2O5/c1-15(24)13-17(25)14-28-22-19(16-9-6-5-7-10-16)21(2,3)23-12-8-11-18(23)20(26)27-4/h5-7,9-10,18H,8,11-14H2,1-4H3. The Morgan fingerprint density at radius 1 is 1.21 bits per heavy atom. The van der Waals surface area contributed by atoms with E-state index in [1.165, 1.54) is 14.0 Å². The molecule has 0 N–H and O–H groups in total. The number of methoxy groups -OCH3 is 1. The molecule has 0 bridgehead atoms. The fourth-order valence-corrected chi connectivity index (χ4v) is 3.56. The van der Waals surface area contributed by atoms with Gasteiger partial charge in [0.1, 0.15) is 17.5 Å². The van der Waals surface area contributed by atoms with Crippen LogP contribution in [0, 0.1) is 0 Å². The van der Waals surface area contributed by atoms with Crippen LogP contribution in [0.2, 0.25) is 0 Å². The molecule has 2 rings (SSSR count). The molecule has 152 valence electrons. The molecule has 7 nitrogen and oxygen atoms in total. The summed E-state index contributed by atoms with van der Waals surface area (Å²) in [6.45, 7) is 5.76. The third kappa shape index (κ3) is 5.25. The topological polar surface area (TPSA) is 85.3 Å². The van der Waals surface area contributed by atoms with E-state index in [4.69, 9.17) is 9.57 Å². The van der Waals surface area contributed by atoms with Crippen molar-refractivity contribution in [3.63, 3.8) is 0 Å². The zero-order valence-corrected chi connectivity index (χ0v) is 16.9. The molecule has 0 radical (unpaired) electrons. The lowest BCUT2D eigenvalue weighted by Crippen LogP contribution is -2.55. The second kappa shape index (κ2) is 9.59. The zero-order chi connectivity index (χ0) is 20.7. The Bertz CT molecular complexity index is 742. The van der Waals surface area contributed by atoms with Gasteiger partial charge in [-0.1, -0.05) is 35.5 Å². The maximum Gasteiger partial charge on any atom is 0.323 e. The van der Waals surface area contributed by atoms with E-state index in [1.54, 1.807) is 0 Å². The molecule has 1 saturated heterocycles. The van der Waals surface area contributed by atoms with E-state index in [2.05, 4.69) is 10.1 Å². The Kier molecular flexibility index (Phi) is 7.45. The average Bonchev–Trinajstić information content (AvgIpc) is 3.15. The van der Waals surface area contributed by atoms with Gasteiger partial charge in [0.2, 0.25) is 0 Å². The smallest absolute Gasteiger partial charge is 0.323 e. The normalized spacial score (nSPS) is 18.0. The van der Waals surface area contributed by atoms with Gasteiger partial charge in [0, 0.05) is 5.56 Å². The lowest BCUT2D eigenvalue weighted by Gasteiger charge is -2.39. The molecule has 1 aliphatic rings. The molecule has 1 aromatic carbocycles. The third-order valence-electron chi connectivity index (χ3n) is 4.90. The van der Waals surface area contributed by atoms with E-state index in [1.807, 2.05) is 44.2 Å². The predicted octanol–water partition coefficient (Wildman–Crippen LogP) is 2.37. The Hall–Kier alpha value is -2.54. The van der Waals surface area contributed by atoms with Crippen molar-refractivity contribution in [3.8, 4) is 0 Å². The number of carbonyl (C=O) groups excluding carboxylic acids is 3. The third-order valence-corrected chi connectivity index (χ3v) is 4.90. The van der Waals surface area contributed by atoms with E-state index in [-0.39, 0.29) is 36.6 Å². The average molecular weight is 388 g/mol. The molecular weight excluding hydrogens is 360 g/mol. The van der Waals surface area contributed by atoms with Gasteiger partial charge < -0.3 is 9.57 Å². The lowest BCUT2D eigenvalue weighted by atomic mass is 9.89. The van der Waals surface area contributed by atoms with Crippen molar-refractivity contribution < 1.29 is 24.0 Å². The summed E-state index contributed by atoms with van der Waals surface area (Å²) in [7, 11) is 1.39. The summed E-state index contributed by atoms with van der Waals surface area (Å²) in [6, 6.07) is 9.15. The summed E-state index contributed by atoms with van der Waals surface area (Å²) >= 11 is 0. The van der Waals surface area contributed by atoms with Crippen molar-refractivity contribution in [1.82, 2.24) is 4.90 Å². The van der Waals surface area contributed by atoms with Crippen LogP contribution >= 0.6 is 0 Å². The second-order valence-corrected chi connectivity index (χ2v) is 7.43. The number of ether oxygens (including phenoxy) is 1. The number of rotatable bonds is 9. The summed E-state index contributed by atoms with van der Waals surface area (Å²) in [4.78, 5) is 42.5. The fraction of sp³-hybridized carbons (Fsp3) is 0.524. The number of esters is 1. The molecule has 28 heavy (non-hydrogen) atoms. The highest BCUT2D eigenvalue weighted by atomic mass is 16.6. The molecular formula is C21H28N2O5. The summed E-state index contributed by atoms with van der Waals surface area (Å²) in [5.41, 5.74) is 0.807. The van der Waals surface area contributed by atoms with Crippen LogP contribution in [0.4, 0.5) is 0 Å². The van der Waals surface area contributed by atoms with Crippen LogP contribution in [0.25, 0.3) is 0 Å². The minimum absolute atomic E-state index is 0.171. The number of ketones is 2. The van der Waals surface area contributed by atoms with Crippen molar-refractivity contribution >= 4 is 23.2 Å². The van der Waals surface area contributed by atoms with Gasteiger partial charge >= 0.3 is 5.97 Å². The minimum atomic E-state index is -0.639. The number of oxime groups is 1. The van der Waals surface area contributed by atoms with E-state index >= 15 is 0 Å². The first-order valence-electron chi connectivity index (χ1n) is 9.39. The van der Waals surface area contributed by atoms with Gasteiger partial charge in [-0.05, 0) is 40.2 Å². The molecule has 0 saturated carbocycles. The van der Waals surface area contributed by atoms with Crippen molar-refractivity contribution in [3.05, 3.63) is 35.9 Å². The number of benzene rings is 1. The van der Waals surface area contributed by atoms with Crippen molar-refractivity contribution in [2.24, 2.45) is 5.16 Å². The number of Topliss-reactive ketones (excluding diaryl/α,β-unsaturated/α-hetero) is 2. The molecule has 1 aromatic rings. The highest BCUT2D eigenvalue weighted by Gasteiger charge is 2.43. The number of likely N-dealkylation sites (tertiary alicyclic amines) is 1. The first kappa shape index (κ1) is 21.8. The summed E-state index contributed by atoms with van der Waals surface area (Å²) in [5.74, 6) is -0.801. The van der Waals surface area contributed by atoms with E-state index in [0.29, 0.717) is 5.71 Å². The summed E-state index contributed by atoms with van der Waals surface area (Å²) in [5, 5.41) is 4.27. The van der Waals surface area contributed by atoms with Crippen molar-refractivity contribution in [2.75, 3.05) is 20.3 Å². The molecule has 0 aromatic heterocycles. The maximum atomic E-state index is 12.2. The number of nitrogens with zero attached hydrogens (tertiary/aromatic N) is 2. The van der Waals surface area contributed by atoms with Crippen molar-refractivity contribution in [1.29, 1.82) is 0 Å². The van der Waals surface area contributed by atoms with E-state index in [0.717, 1.165) is 24.9 Å². The molecule has 0 aliphatic carbocycles. The van der Waals surface area contributed by atoms with Crippen LogP contribution in [0.1, 0.15) is 45.6 Å². The molecule has 1 aliphatic heterocycles. The van der Waals surface area contributed by atoms with Crippen LogP contribution < -0.4 is 0 Å². The monoisotopic (exact) mass is 388 g/mol.